The zero-order valence-electron chi connectivity index (χ0n) is 16.6. The van der Waals surface area contributed by atoms with Crippen molar-refractivity contribution < 1.29 is 4.79 Å². The van der Waals surface area contributed by atoms with E-state index in [-0.39, 0.29) is 0 Å². The molecule has 0 spiro atoms. The highest BCUT2D eigenvalue weighted by molar-refractivity contribution is 5.76. The molecule has 1 N–H and O–H groups in total. The molecule has 2 atom stereocenters. The van der Waals surface area contributed by atoms with Crippen LogP contribution >= 0.6 is 0 Å². The Labute approximate surface area is 162 Å². The molecule has 3 fully saturated rings. The molecular formula is C21H33N5O. The number of nitrogens with one attached hydrogen (secondary N) is 1. The molecule has 1 aromatic rings. The van der Waals surface area contributed by atoms with Crippen LogP contribution in [-0.4, -0.2) is 53.0 Å². The lowest BCUT2D eigenvalue weighted by atomic mass is 9.92. The SMILES string of the molecule is CC1CCCN(C(=O)CCC2CCCN(c3cc(NC4CC4)ncn3)C2)C1. The molecule has 3 aliphatic rings. The number of aromatic nitrogens is 2. The van der Waals surface area contributed by atoms with Gasteiger partial charge in [0.15, 0.2) is 0 Å². The number of hydrogen-bond donors (Lipinski definition) is 1. The maximum absolute atomic E-state index is 12.6. The summed E-state index contributed by atoms with van der Waals surface area (Å²) in [5.74, 6) is 3.56. The molecule has 2 aliphatic heterocycles. The summed E-state index contributed by atoms with van der Waals surface area (Å²) in [5.41, 5.74) is 0. The first-order chi connectivity index (χ1) is 13.2. The zero-order chi connectivity index (χ0) is 18.6. The number of rotatable bonds is 6. The number of carbonyl (C=O) groups is 1. The fourth-order valence-electron chi connectivity index (χ4n) is 4.45. The van der Waals surface area contributed by atoms with Crippen LogP contribution in [0.1, 0.15) is 58.3 Å². The summed E-state index contributed by atoms with van der Waals surface area (Å²) in [4.78, 5) is 25.9. The number of likely N-dealkylation sites (tertiary alicyclic amines) is 1. The van der Waals surface area contributed by atoms with Gasteiger partial charge in [0, 0.05) is 44.7 Å². The Bertz CT molecular complexity index is 647. The molecule has 1 aliphatic carbocycles. The fourth-order valence-corrected chi connectivity index (χ4v) is 4.45. The minimum atomic E-state index is 0.358. The molecule has 6 nitrogen and oxygen atoms in total. The molecule has 4 rings (SSSR count). The van der Waals surface area contributed by atoms with Gasteiger partial charge in [0.05, 0.1) is 0 Å². The van der Waals surface area contributed by atoms with Crippen LogP contribution in [0, 0.1) is 11.8 Å². The van der Waals surface area contributed by atoms with Gasteiger partial charge < -0.3 is 15.1 Å². The van der Waals surface area contributed by atoms with Gasteiger partial charge in [-0.2, -0.15) is 0 Å². The van der Waals surface area contributed by atoms with Gasteiger partial charge in [0.2, 0.25) is 5.91 Å². The van der Waals surface area contributed by atoms with Crippen LogP contribution in [0.4, 0.5) is 11.6 Å². The molecule has 2 unspecified atom stereocenters. The van der Waals surface area contributed by atoms with Crippen LogP contribution in [0.15, 0.2) is 12.4 Å². The van der Waals surface area contributed by atoms with Crippen molar-refractivity contribution in [2.24, 2.45) is 11.8 Å². The predicted octanol–water partition coefficient (Wildman–Crippen LogP) is 3.31. The standard InChI is InChI=1S/C21H33N5O/c1-16-4-2-11-26(13-16)21(27)9-6-17-5-3-10-25(14-17)20-12-19(22-15-23-20)24-18-7-8-18/h12,15-18H,2-11,13-14H2,1H3,(H,22,23,24). The molecule has 0 aromatic carbocycles. The first-order valence-corrected chi connectivity index (χ1v) is 10.8. The Balaban J connectivity index is 1.28. The Morgan fingerprint density at radius 1 is 1.15 bits per heavy atom. The summed E-state index contributed by atoms with van der Waals surface area (Å²) < 4.78 is 0. The summed E-state index contributed by atoms with van der Waals surface area (Å²) in [7, 11) is 0. The number of nitrogens with zero attached hydrogens (tertiary/aromatic N) is 4. The summed E-state index contributed by atoms with van der Waals surface area (Å²) >= 11 is 0. The second-order valence-electron chi connectivity index (χ2n) is 8.76. The van der Waals surface area contributed by atoms with Crippen molar-refractivity contribution in [1.82, 2.24) is 14.9 Å². The number of carbonyl (C=O) groups excluding carboxylic acids is 1. The molecule has 1 aromatic heterocycles. The van der Waals surface area contributed by atoms with E-state index in [0.717, 1.165) is 50.7 Å². The van der Waals surface area contributed by atoms with Crippen molar-refractivity contribution in [2.45, 2.75) is 64.3 Å². The smallest absolute Gasteiger partial charge is 0.222 e. The van der Waals surface area contributed by atoms with E-state index in [9.17, 15) is 4.79 Å². The molecular weight excluding hydrogens is 338 g/mol. The van der Waals surface area contributed by atoms with Gasteiger partial charge >= 0.3 is 0 Å². The van der Waals surface area contributed by atoms with Crippen molar-refractivity contribution in [3.8, 4) is 0 Å². The van der Waals surface area contributed by atoms with Crippen LogP contribution in [0.3, 0.4) is 0 Å². The Hall–Kier alpha value is -1.85. The Morgan fingerprint density at radius 3 is 2.81 bits per heavy atom. The van der Waals surface area contributed by atoms with E-state index in [2.05, 4.69) is 38.1 Å². The zero-order valence-corrected chi connectivity index (χ0v) is 16.6. The highest BCUT2D eigenvalue weighted by Crippen LogP contribution is 2.28. The second-order valence-corrected chi connectivity index (χ2v) is 8.76. The maximum Gasteiger partial charge on any atom is 0.222 e. The summed E-state index contributed by atoms with van der Waals surface area (Å²) in [5, 5.41) is 3.46. The molecule has 6 heteroatoms. The van der Waals surface area contributed by atoms with Crippen LogP contribution in [0.2, 0.25) is 0 Å². The molecule has 27 heavy (non-hydrogen) atoms. The van der Waals surface area contributed by atoms with E-state index in [1.807, 2.05) is 0 Å². The number of hydrogen-bond acceptors (Lipinski definition) is 5. The molecule has 3 heterocycles. The normalized spacial score (nSPS) is 26.1. The average molecular weight is 372 g/mol. The van der Waals surface area contributed by atoms with Gasteiger partial charge in [-0.3, -0.25) is 4.79 Å². The summed E-state index contributed by atoms with van der Waals surface area (Å²) in [6.45, 7) is 6.22. The van der Waals surface area contributed by atoms with Crippen LogP contribution < -0.4 is 10.2 Å². The monoisotopic (exact) mass is 371 g/mol. The van der Waals surface area contributed by atoms with Gasteiger partial charge in [-0.15, -0.1) is 0 Å². The summed E-state index contributed by atoms with van der Waals surface area (Å²) in [6.07, 6.45) is 10.7. The van der Waals surface area contributed by atoms with Crippen molar-refractivity contribution in [2.75, 3.05) is 36.4 Å². The van der Waals surface area contributed by atoms with E-state index in [1.54, 1.807) is 6.33 Å². The van der Waals surface area contributed by atoms with E-state index >= 15 is 0 Å². The third-order valence-electron chi connectivity index (χ3n) is 6.20. The number of piperidine rings is 2. The third kappa shape index (κ3) is 5.11. The van der Waals surface area contributed by atoms with Gasteiger partial charge in [-0.05, 0) is 56.8 Å². The lowest BCUT2D eigenvalue weighted by molar-refractivity contribution is -0.133. The van der Waals surface area contributed by atoms with E-state index in [1.165, 1.54) is 32.1 Å². The Kier molecular flexibility index (Phi) is 5.79. The van der Waals surface area contributed by atoms with Crippen LogP contribution in [-0.2, 0) is 4.79 Å². The lowest BCUT2D eigenvalue weighted by Crippen LogP contribution is -2.40. The molecule has 2 saturated heterocycles. The van der Waals surface area contributed by atoms with Gasteiger partial charge in [0.25, 0.3) is 0 Å². The predicted molar refractivity (Wildman–Crippen MR) is 108 cm³/mol. The first kappa shape index (κ1) is 18.5. The van der Waals surface area contributed by atoms with E-state index in [4.69, 9.17) is 0 Å². The molecule has 1 amide bonds. The van der Waals surface area contributed by atoms with Crippen molar-refractivity contribution in [3.05, 3.63) is 12.4 Å². The minimum absolute atomic E-state index is 0.358. The lowest BCUT2D eigenvalue weighted by Gasteiger charge is -2.35. The molecule has 148 valence electrons. The van der Waals surface area contributed by atoms with Gasteiger partial charge in [-0.25, -0.2) is 9.97 Å². The second kappa shape index (κ2) is 8.44. The first-order valence-electron chi connectivity index (χ1n) is 10.8. The fraction of sp³-hybridized carbons (Fsp3) is 0.762. The maximum atomic E-state index is 12.6. The van der Waals surface area contributed by atoms with Crippen LogP contribution in [0.5, 0.6) is 0 Å². The number of amides is 1. The Morgan fingerprint density at radius 2 is 2.00 bits per heavy atom. The minimum Gasteiger partial charge on any atom is -0.367 e. The average Bonchev–Trinajstić information content (AvgIpc) is 3.50. The largest absolute Gasteiger partial charge is 0.367 e. The van der Waals surface area contributed by atoms with Crippen molar-refractivity contribution in [3.63, 3.8) is 0 Å². The van der Waals surface area contributed by atoms with Gasteiger partial charge in [0.1, 0.15) is 18.0 Å². The van der Waals surface area contributed by atoms with Crippen LogP contribution in [0.25, 0.3) is 0 Å². The van der Waals surface area contributed by atoms with E-state index in [0.29, 0.717) is 30.2 Å². The molecule has 1 saturated carbocycles. The van der Waals surface area contributed by atoms with Crippen molar-refractivity contribution >= 4 is 17.5 Å². The van der Waals surface area contributed by atoms with E-state index < -0.39 is 0 Å². The van der Waals surface area contributed by atoms with Gasteiger partial charge in [-0.1, -0.05) is 6.92 Å². The topological polar surface area (TPSA) is 61.4 Å². The van der Waals surface area contributed by atoms with Crippen molar-refractivity contribution in [1.29, 1.82) is 0 Å². The third-order valence-corrected chi connectivity index (χ3v) is 6.20. The summed E-state index contributed by atoms with van der Waals surface area (Å²) in [6, 6.07) is 2.69. The molecule has 0 radical (unpaired) electrons. The highest BCUT2D eigenvalue weighted by Gasteiger charge is 2.26. The highest BCUT2D eigenvalue weighted by atomic mass is 16.2. The number of anilines is 2. The quantitative estimate of drug-likeness (QED) is 0.831. The molecule has 0 bridgehead atoms.